The van der Waals surface area contributed by atoms with E-state index < -0.39 is 20.1 Å². The fraction of sp³-hybridized carbons (Fsp3) is 0.250. The van der Waals surface area contributed by atoms with Crippen molar-refractivity contribution in [1.82, 2.24) is 0 Å². The van der Waals surface area contributed by atoms with Crippen LogP contribution in [0.15, 0.2) is 24.3 Å². The standard InChI is InChI=1S/C8H8BF3O4/c10-8(11,12)5-15-6-2-1-3-7(4-6)16-9(13)14/h1-4,13-14H,5H2. The normalized spacial score (nSPS) is 11.1. The summed E-state index contributed by atoms with van der Waals surface area (Å²) in [5, 5.41) is 16.9. The maximum absolute atomic E-state index is 11.8. The molecule has 0 spiro atoms. The molecule has 0 heterocycles. The fourth-order valence-electron chi connectivity index (χ4n) is 0.924. The number of hydrogen-bond donors (Lipinski definition) is 2. The molecule has 0 aliphatic heterocycles. The van der Waals surface area contributed by atoms with Crippen molar-refractivity contribution < 1.29 is 32.6 Å². The zero-order valence-corrected chi connectivity index (χ0v) is 7.94. The Balaban J connectivity index is 2.60. The van der Waals surface area contributed by atoms with E-state index in [1.54, 1.807) is 0 Å². The van der Waals surface area contributed by atoms with Crippen LogP contribution in [0.4, 0.5) is 13.2 Å². The Labute approximate surface area is 89.4 Å². The second kappa shape index (κ2) is 5.08. The Kier molecular flexibility index (Phi) is 4.02. The van der Waals surface area contributed by atoms with Gasteiger partial charge in [0.05, 0.1) is 0 Å². The molecule has 88 valence electrons. The van der Waals surface area contributed by atoms with Gasteiger partial charge in [0.25, 0.3) is 0 Å². The summed E-state index contributed by atoms with van der Waals surface area (Å²) in [6, 6.07) is 5.12. The van der Waals surface area contributed by atoms with Gasteiger partial charge < -0.3 is 19.4 Å². The Morgan fingerprint density at radius 2 is 1.81 bits per heavy atom. The summed E-state index contributed by atoms with van der Waals surface area (Å²) in [5.74, 6) is -0.0786. The first-order chi connectivity index (χ1) is 7.37. The van der Waals surface area contributed by atoms with Crippen molar-refractivity contribution in [3.63, 3.8) is 0 Å². The summed E-state index contributed by atoms with van der Waals surface area (Å²) >= 11 is 0. The van der Waals surface area contributed by atoms with Crippen LogP contribution in [-0.4, -0.2) is 30.2 Å². The molecule has 0 aliphatic carbocycles. The molecular weight excluding hydrogens is 228 g/mol. The van der Waals surface area contributed by atoms with Gasteiger partial charge in [-0.2, -0.15) is 13.2 Å². The van der Waals surface area contributed by atoms with Gasteiger partial charge in [-0.05, 0) is 12.1 Å². The van der Waals surface area contributed by atoms with Crippen LogP contribution >= 0.6 is 0 Å². The number of benzene rings is 1. The molecule has 0 radical (unpaired) electrons. The van der Waals surface area contributed by atoms with E-state index in [0.29, 0.717) is 0 Å². The highest BCUT2D eigenvalue weighted by Gasteiger charge is 2.28. The summed E-state index contributed by atoms with van der Waals surface area (Å²) in [6.45, 7) is -1.42. The molecule has 0 fully saturated rings. The number of hydrogen-bond acceptors (Lipinski definition) is 4. The molecule has 0 aromatic heterocycles. The third-order valence-corrected chi connectivity index (χ3v) is 1.45. The highest BCUT2D eigenvalue weighted by Crippen LogP contribution is 2.22. The van der Waals surface area contributed by atoms with Crippen LogP contribution in [0.25, 0.3) is 0 Å². The van der Waals surface area contributed by atoms with E-state index in [0.717, 1.165) is 6.07 Å². The van der Waals surface area contributed by atoms with E-state index >= 15 is 0 Å². The number of ether oxygens (including phenoxy) is 1. The quantitative estimate of drug-likeness (QED) is 0.765. The average Bonchev–Trinajstić information content (AvgIpc) is 2.13. The molecule has 0 bridgehead atoms. The first-order valence-electron chi connectivity index (χ1n) is 4.19. The van der Waals surface area contributed by atoms with E-state index in [4.69, 9.17) is 10.0 Å². The summed E-state index contributed by atoms with van der Waals surface area (Å²) in [4.78, 5) is 0. The molecule has 1 aromatic carbocycles. The molecule has 16 heavy (non-hydrogen) atoms. The topological polar surface area (TPSA) is 58.9 Å². The van der Waals surface area contributed by atoms with Gasteiger partial charge in [-0.25, -0.2) is 0 Å². The second-order valence-electron chi connectivity index (χ2n) is 2.82. The van der Waals surface area contributed by atoms with Crippen LogP contribution in [0.2, 0.25) is 0 Å². The lowest BCUT2D eigenvalue weighted by Crippen LogP contribution is -2.21. The van der Waals surface area contributed by atoms with Gasteiger partial charge in [0, 0.05) is 6.07 Å². The van der Waals surface area contributed by atoms with Crippen LogP contribution in [0.5, 0.6) is 11.5 Å². The molecule has 0 aliphatic rings. The van der Waals surface area contributed by atoms with Crippen LogP contribution in [0.1, 0.15) is 0 Å². The molecule has 8 heteroatoms. The molecule has 0 saturated heterocycles. The lowest BCUT2D eigenvalue weighted by molar-refractivity contribution is -0.153. The molecule has 0 atom stereocenters. The van der Waals surface area contributed by atoms with Crippen LogP contribution in [0, 0.1) is 0 Å². The van der Waals surface area contributed by atoms with Crippen molar-refractivity contribution in [2.75, 3.05) is 6.61 Å². The minimum atomic E-state index is -4.42. The van der Waals surface area contributed by atoms with Crippen molar-refractivity contribution in [2.45, 2.75) is 6.18 Å². The molecule has 4 nitrogen and oxygen atoms in total. The van der Waals surface area contributed by atoms with Gasteiger partial charge in [-0.15, -0.1) is 0 Å². The lowest BCUT2D eigenvalue weighted by atomic mass is 10.2. The van der Waals surface area contributed by atoms with Crippen LogP contribution < -0.4 is 9.39 Å². The smallest absolute Gasteiger partial charge is 0.512 e. The maximum Gasteiger partial charge on any atom is 0.707 e. The van der Waals surface area contributed by atoms with Crippen molar-refractivity contribution in [3.05, 3.63) is 24.3 Å². The van der Waals surface area contributed by atoms with Gasteiger partial charge in [0.1, 0.15) is 11.5 Å². The van der Waals surface area contributed by atoms with E-state index in [2.05, 4.69) is 9.39 Å². The Hall–Kier alpha value is -1.41. The number of alkyl halides is 3. The largest absolute Gasteiger partial charge is 0.707 e. The van der Waals surface area contributed by atoms with Gasteiger partial charge in [-0.1, -0.05) is 6.07 Å². The third kappa shape index (κ3) is 4.90. The average molecular weight is 236 g/mol. The Bertz CT molecular complexity index is 342. The first-order valence-corrected chi connectivity index (χ1v) is 4.19. The van der Waals surface area contributed by atoms with Gasteiger partial charge >= 0.3 is 13.5 Å². The zero-order chi connectivity index (χ0) is 12.2. The van der Waals surface area contributed by atoms with Crippen molar-refractivity contribution in [2.24, 2.45) is 0 Å². The summed E-state index contributed by atoms with van der Waals surface area (Å²) in [6.07, 6.45) is -4.42. The SMILES string of the molecule is OB(O)Oc1cccc(OCC(F)(F)F)c1. The maximum atomic E-state index is 11.8. The van der Waals surface area contributed by atoms with Gasteiger partial charge in [0.2, 0.25) is 0 Å². The molecule has 0 saturated carbocycles. The summed E-state index contributed by atoms with van der Waals surface area (Å²) in [7, 11) is -2.03. The van der Waals surface area contributed by atoms with E-state index in [9.17, 15) is 13.2 Å². The van der Waals surface area contributed by atoms with Crippen molar-refractivity contribution in [3.8, 4) is 11.5 Å². The van der Waals surface area contributed by atoms with Crippen molar-refractivity contribution >= 4 is 7.32 Å². The fourth-order valence-corrected chi connectivity index (χ4v) is 0.924. The van der Waals surface area contributed by atoms with Crippen LogP contribution in [-0.2, 0) is 0 Å². The predicted molar refractivity (Wildman–Crippen MR) is 48.8 cm³/mol. The zero-order valence-electron chi connectivity index (χ0n) is 7.94. The molecule has 0 unspecified atom stereocenters. The van der Waals surface area contributed by atoms with E-state index in [-0.39, 0.29) is 11.5 Å². The number of halogens is 3. The second-order valence-corrected chi connectivity index (χ2v) is 2.82. The minimum Gasteiger partial charge on any atom is -0.512 e. The Morgan fingerprint density at radius 1 is 1.19 bits per heavy atom. The van der Waals surface area contributed by atoms with E-state index in [1.807, 2.05) is 0 Å². The molecule has 0 amide bonds. The van der Waals surface area contributed by atoms with Crippen LogP contribution in [0.3, 0.4) is 0 Å². The van der Waals surface area contributed by atoms with Gasteiger partial charge in [-0.3, -0.25) is 0 Å². The molecule has 1 aromatic rings. The first kappa shape index (κ1) is 12.7. The predicted octanol–water partition coefficient (Wildman–Crippen LogP) is 0.976. The summed E-state index contributed by atoms with van der Waals surface area (Å²) in [5.41, 5.74) is 0. The summed E-state index contributed by atoms with van der Waals surface area (Å²) < 4.78 is 44.3. The lowest BCUT2D eigenvalue weighted by Gasteiger charge is -2.10. The molecule has 1 rings (SSSR count). The minimum absolute atomic E-state index is 0.00493. The number of rotatable bonds is 4. The van der Waals surface area contributed by atoms with Gasteiger partial charge in [0.15, 0.2) is 6.61 Å². The highest BCUT2D eigenvalue weighted by atomic mass is 19.4. The monoisotopic (exact) mass is 236 g/mol. The highest BCUT2D eigenvalue weighted by molar-refractivity contribution is 6.33. The molecule has 2 N–H and O–H groups in total. The Morgan fingerprint density at radius 3 is 2.38 bits per heavy atom. The van der Waals surface area contributed by atoms with E-state index in [1.165, 1.54) is 18.2 Å². The molecular formula is C8H8BF3O4. The third-order valence-electron chi connectivity index (χ3n) is 1.45. The van der Waals surface area contributed by atoms with Crippen molar-refractivity contribution in [1.29, 1.82) is 0 Å².